The Morgan fingerprint density at radius 3 is 2.44 bits per heavy atom. The van der Waals surface area contributed by atoms with E-state index >= 15 is 0 Å². The zero-order valence-electron chi connectivity index (χ0n) is 14.7. The maximum atomic E-state index is 13.0. The van der Waals surface area contributed by atoms with Crippen LogP contribution in [0.15, 0.2) is 29.2 Å². The normalized spacial score (nSPS) is 19.5. The molecule has 1 amide bonds. The van der Waals surface area contributed by atoms with E-state index in [-0.39, 0.29) is 28.8 Å². The van der Waals surface area contributed by atoms with Crippen molar-refractivity contribution >= 4 is 22.1 Å². The number of carbonyl (C=O) groups excluding carboxylic acids is 1. The van der Waals surface area contributed by atoms with Gasteiger partial charge in [-0.15, -0.1) is 0 Å². The van der Waals surface area contributed by atoms with Crippen molar-refractivity contribution in [3.63, 3.8) is 0 Å². The lowest BCUT2D eigenvalue weighted by Crippen LogP contribution is -2.48. The van der Waals surface area contributed by atoms with Crippen molar-refractivity contribution in [2.24, 2.45) is 5.92 Å². The molecule has 0 aliphatic carbocycles. The minimum absolute atomic E-state index is 0.0524. The van der Waals surface area contributed by atoms with Crippen molar-refractivity contribution in [3.8, 4) is 0 Å². The zero-order valence-corrected chi connectivity index (χ0v) is 15.6. The van der Waals surface area contributed by atoms with Gasteiger partial charge in [0.25, 0.3) is 6.21 Å². The molecule has 2 rings (SSSR count). The summed E-state index contributed by atoms with van der Waals surface area (Å²) in [5.74, 6) is -0.736. The molecule has 25 heavy (non-hydrogen) atoms. The minimum atomic E-state index is -3.75. The Balaban J connectivity index is 2.35. The molecule has 0 radical (unpaired) electrons. The van der Waals surface area contributed by atoms with E-state index in [9.17, 15) is 18.4 Å². The maximum absolute atomic E-state index is 13.0. The first-order chi connectivity index (χ1) is 11.7. The molecule has 8 nitrogen and oxygen atoms in total. The molecule has 1 saturated heterocycles. The number of sulfonamides is 1. The standard InChI is InChI=1S/C16H23N3O5S/c1-12(2)16-17(15(20)11-19(21)24-4)9-10-18(16)25(22,23)14-7-5-13(3)6-8-14/h5-8,11-12,16H,9-10H2,1-4H3/b19-11+/t16-/m0/s1. The summed E-state index contributed by atoms with van der Waals surface area (Å²) in [6.45, 7) is 5.92. The van der Waals surface area contributed by atoms with Gasteiger partial charge in [0.05, 0.1) is 4.90 Å². The van der Waals surface area contributed by atoms with E-state index < -0.39 is 22.1 Å². The van der Waals surface area contributed by atoms with E-state index in [0.29, 0.717) is 0 Å². The molecule has 0 aromatic heterocycles. The fraction of sp³-hybridized carbons (Fsp3) is 0.500. The summed E-state index contributed by atoms with van der Waals surface area (Å²) in [6.07, 6.45) is 0.0949. The summed E-state index contributed by atoms with van der Waals surface area (Å²) in [5.41, 5.74) is 0.960. The van der Waals surface area contributed by atoms with Gasteiger partial charge < -0.3 is 9.74 Å². The lowest BCUT2D eigenvalue weighted by molar-refractivity contribution is -0.729. The number of rotatable bonds is 5. The molecule has 138 valence electrons. The third-order valence-corrected chi connectivity index (χ3v) is 5.96. The van der Waals surface area contributed by atoms with E-state index in [4.69, 9.17) is 0 Å². The number of amides is 1. The first kappa shape index (κ1) is 19.2. The Labute approximate surface area is 147 Å². The van der Waals surface area contributed by atoms with Gasteiger partial charge in [-0.25, -0.2) is 8.42 Å². The van der Waals surface area contributed by atoms with Gasteiger partial charge in [0.1, 0.15) is 6.17 Å². The van der Waals surface area contributed by atoms with Crippen LogP contribution in [0.4, 0.5) is 0 Å². The summed E-state index contributed by atoms with van der Waals surface area (Å²) in [5, 5.41) is 11.2. The lowest BCUT2D eigenvalue weighted by Gasteiger charge is -2.31. The van der Waals surface area contributed by atoms with Gasteiger partial charge >= 0.3 is 5.91 Å². The second-order valence-corrected chi connectivity index (χ2v) is 8.11. The lowest BCUT2D eigenvalue weighted by atomic mass is 10.1. The largest absolute Gasteiger partial charge is 0.406 e. The summed E-state index contributed by atoms with van der Waals surface area (Å²) < 4.78 is 27.3. The monoisotopic (exact) mass is 369 g/mol. The Kier molecular flexibility index (Phi) is 5.69. The fourth-order valence-corrected chi connectivity index (χ4v) is 4.60. The number of benzene rings is 1. The van der Waals surface area contributed by atoms with E-state index in [1.54, 1.807) is 24.3 Å². The molecule has 0 spiro atoms. The maximum Gasteiger partial charge on any atom is 0.318 e. The van der Waals surface area contributed by atoms with Crippen LogP contribution in [0.3, 0.4) is 0 Å². The number of nitrogens with zero attached hydrogens (tertiary/aromatic N) is 3. The van der Waals surface area contributed by atoms with Gasteiger partial charge in [-0.2, -0.15) is 4.31 Å². The predicted octanol–water partition coefficient (Wildman–Crippen LogP) is 0.953. The van der Waals surface area contributed by atoms with Crippen LogP contribution in [0.25, 0.3) is 0 Å². The highest BCUT2D eigenvalue weighted by atomic mass is 32.2. The van der Waals surface area contributed by atoms with Crippen LogP contribution in [0.1, 0.15) is 19.4 Å². The average Bonchev–Trinajstić information content (AvgIpc) is 3.01. The van der Waals surface area contributed by atoms with Gasteiger partial charge in [-0.3, -0.25) is 10.0 Å². The molecule has 1 heterocycles. The number of aryl methyl sites for hydroxylation is 1. The molecule has 1 aromatic carbocycles. The highest BCUT2D eigenvalue weighted by molar-refractivity contribution is 7.89. The van der Waals surface area contributed by atoms with Gasteiger partial charge in [0.2, 0.25) is 10.0 Å². The van der Waals surface area contributed by atoms with Gasteiger partial charge in [-0.1, -0.05) is 31.5 Å². The molecule has 1 aliphatic heterocycles. The SMILES string of the molecule is CO/[N+]([O-])=C/C(=O)N1CCN(S(=O)(=O)c2ccc(C)cc2)[C@H]1C(C)C. The molecule has 1 fully saturated rings. The van der Waals surface area contributed by atoms with Gasteiger partial charge in [-0.05, 0) is 25.0 Å². The van der Waals surface area contributed by atoms with Crippen LogP contribution in [-0.2, 0) is 19.7 Å². The second-order valence-electron chi connectivity index (χ2n) is 6.22. The number of hydrogen-bond acceptors (Lipinski definition) is 5. The highest BCUT2D eigenvalue weighted by Crippen LogP contribution is 2.28. The van der Waals surface area contributed by atoms with Crippen LogP contribution in [0, 0.1) is 18.0 Å². The molecule has 1 aromatic rings. The molecule has 9 heteroatoms. The second kappa shape index (κ2) is 7.40. The Morgan fingerprint density at radius 1 is 1.32 bits per heavy atom. The van der Waals surface area contributed by atoms with Crippen molar-refractivity contribution in [2.75, 3.05) is 20.2 Å². The first-order valence-corrected chi connectivity index (χ1v) is 9.37. The summed E-state index contributed by atoms with van der Waals surface area (Å²) in [7, 11) is -2.60. The smallest absolute Gasteiger partial charge is 0.318 e. The quantitative estimate of drug-likeness (QED) is 0.438. The zero-order chi connectivity index (χ0) is 18.8. The van der Waals surface area contributed by atoms with Crippen LogP contribution in [-0.4, -0.2) is 61.0 Å². The molecular weight excluding hydrogens is 346 g/mol. The van der Waals surface area contributed by atoms with Crippen molar-refractivity contribution < 1.29 is 23.0 Å². The molecule has 0 saturated carbocycles. The molecule has 0 N–H and O–H groups in total. The Bertz CT molecular complexity index is 758. The highest BCUT2D eigenvalue weighted by Gasteiger charge is 2.44. The van der Waals surface area contributed by atoms with Gasteiger partial charge in [0, 0.05) is 25.1 Å². The molecule has 1 atom stereocenters. The number of carbonyl (C=O) groups is 1. The minimum Gasteiger partial charge on any atom is -0.406 e. The third kappa shape index (κ3) is 3.93. The Hall–Kier alpha value is -2.13. The van der Waals surface area contributed by atoms with E-state index in [1.165, 1.54) is 9.21 Å². The van der Waals surface area contributed by atoms with Crippen LogP contribution >= 0.6 is 0 Å². The first-order valence-electron chi connectivity index (χ1n) is 7.93. The topological polar surface area (TPSA) is 93.0 Å². The molecule has 0 unspecified atom stereocenters. The molecule has 1 aliphatic rings. The summed E-state index contributed by atoms with van der Waals surface area (Å²) in [4.78, 5) is 18.3. The van der Waals surface area contributed by atoms with Crippen molar-refractivity contribution in [1.29, 1.82) is 0 Å². The van der Waals surface area contributed by atoms with Crippen LogP contribution in [0.5, 0.6) is 0 Å². The van der Waals surface area contributed by atoms with Crippen molar-refractivity contribution in [1.82, 2.24) is 9.21 Å². The predicted molar refractivity (Wildman–Crippen MR) is 92.1 cm³/mol. The number of hydrogen-bond donors (Lipinski definition) is 0. The van der Waals surface area contributed by atoms with Crippen molar-refractivity contribution in [3.05, 3.63) is 35.0 Å². The van der Waals surface area contributed by atoms with Gasteiger partial charge in [0.15, 0.2) is 0 Å². The fourth-order valence-electron chi connectivity index (χ4n) is 2.88. The summed E-state index contributed by atoms with van der Waals surface area (Å²) >= 11 is 0. The average molecular weight is 369 g/mol. The van der Waals surface area contributed by atoms with Crippen LogP contribution in [0.2, 0.25) is 0 Å². The van der Waals surface area contributed by atoms with E-state index in [2.05, 4.69) is 4.84 Å². The summed E-state index contributed by atoms with van der Waals surface area (Å²) in [6, 6.07) is 6.59. The Morgan fingerprint density at radius 2 is 1.92 bits per heavy atom. The van der Waals surface area contributed by atoms with E-state index in [0.717, 1.165) is 18.9 Å². The molecular formula is C16H23N3O5S. The molecule has 0 bridgehead atoms. The van der Waals surface area contributed by atoms with Crippen LogP contribution < -0.4 is 0 Å². The third-order valence-electron chi connectivity index (χ3n) is 4.08. The van der Waals surface area contributed by atoms with Crippen molar-refractivity contribution in [2.45, 2.75) is 31.8 Å². The van der Waals surface area contributed by atoms with E-state index in [1.807, 2.05) is 20.8 Å².